The Kier molecular flexibility index (Phi) is 2.91. The number of rotatable bonds is 1. The van der Waals surface area contributed by atoms with Crippen LogP contribution in [-0.2, 0) is 7.05 Å². The summed E-state index contributed by atoms with van der Waals surface area (Å²) in [5, 5.41) is 9.04. The first kappa shape index (κ1) is 11.7. The highest BCUT2D eigenvalue weighted by molar-refractivity contribution is 6.31. The maximum Gasteiger partial charge on any atom is 0.141 e. The first-order chi connectivity index (χ1) is 8.04. The van der Waals surface area contributed by atoms with E-state index in [4.69, 9.17) is 16.9 Å². The van der Waals surface area contributed by atoms with Crippen molar-refractivity contribution in [2.24, 2.45) is 7.05 Å². The molecule has 4 heteroatoms. The molecule has 0 unspecified atom stereocenters. The number of hydrogen-bond acceptors (Lipinski definition) is 1. The quantitative estimate of drug-likeness (QED) is 0.757. The molecule has 0 N–H and O–H groups in total. The molecule has 1 heterocycles. The van der Waals surface area contributed by atoms with E-state index in [1.54, 1.807) is 18.2 Å². The Labute approximate surface area is 104 Å². The summed E-state index contributed by atoms with van der Waals surface area (Å²) < 4.78 is 15.0. The van der Waals surface area contributed by atoms with E-state index >= 15 is 0 Å². The fraction of sp³-hybridized carbons (Fsp3) is 0.154. The number of halogens is 2. The summed E-state index contributed by atoms with van der Waals surface area (Å²) >= 11 is 5.75. The molecule has 0 saturated carbocycles. The average Bonchev–Trinajstić information content (AvgIpc) is 2.60. The molecular formula is C13H10ClFN2. The van der Waals surface area contributed by atoms with Gasteiger partial charge in [0, 0.05) is 18.4 Å². The van der Waals surface area contributed by atoms with Crippen molar-refractivity contribution in [2.45, 2.75) is 6.92 Å². The molecule has 2 aromatic rings. The third-order valence-corrected chi connectivity index (χ3v) is 3.16. The molecule has 86 valence electrons. The molecule has 1 aromatic carbocycles. The molecule has 0 amide bonds. The average molecular weight is 249 g/mol. The molecule has 2 rings (SSSR count). The van der Waals surface area contributed by atoms with Crippen LogP contribution in [0.3, 0.4) is 0 Å². The topological polar surface area (TPSA) is 28.7 Å². The van der Waals surface area contributed by atoms with Gasteiger partial charge in [0.15, 0.2) is 0 Å². The van der Waals surface area contributed by atoms with Crippen molar-refractivity contribution < 1.29 is 4.39 Å². The highest BCUT2D eigenvalue weighted by atomic mass is 35.5. The van der Waals surface area contributed by atoms with Gasteiger partial charge in [-0.25, -0.2) is 4.39 Å². The first-order valence-corrected chi connectivity index (χ1v) is 5.44. The molecular weight excluding hydrogens is 239 g/mol. The van der Waals surface area contributed by atoms with E-state index in [0.717, 1.165) is 17.0 Å². The van der Waals surface area contributed by atoms with E-state index in [-0.39, 0.29) is 5.02 Å². The van der Waals surface area contributed by atoms with Crippen molar-refractivity contribution in [3.05, 3.63) is 46.4 Å². The van der Waals surface area contributed by atoms with Gasteiger partial charge in [-0.1, -0.05) is 11.6 Å². The van der Waals surface area contributed by atoms with Crippen molar-refractivity contribution in [1.82, 2.24) is 4.57 Å². The van der Waals surface area contributed by atoms with Gasteiger partial charge in [-0.05, 0) is 36.8 Å². The Morgan fingerprint density at radius 1 is 1.35 bits per heavy atom. The van der Waals surface area contributed by atoms with Gasteiger partial charge in [0.25, 0.3) is 0 Å². The summed E-state index contributed by atoms with van der Waals surface area (Å²) in [6.45, 7) is 1.87. The lowest BCUT2D eigenvalue weighted by Gasteiger charge is -2.05. The monoisotopic (exact) mass is 248 g/mol. The van der Waals surface area contributed by atoms with Crippen LogP contribution in [0.2, 0.25) is 5.02 Å². The van der Waals surface area contributed by atoms with E-state index in [2.05, 4.69) is 6.07 Å². The normalized spacial score (nSPS) is 10.3. The summed E-state index contributed by atoms with van der Waals surface area (Å²) in [6, 6.07) is 8.44. The lowest BCUT2D eigenvalue weighted by atomic mass is 10.1. The lowest BCUT2D eigenvalue weighted by molar-refractivity contribution is 0.628. The zero-order valence-electron chi connectivity index (χ0n) is 9.46. The van der Waals surface area contributed by atoms with Gasteiger partial charge in [0.05, 0.1) is 10.6 Å². The summed E-state index contributed by atoms with van der Waals surface area (Å²) in [6.07, 6.45) is 0. The zero-order chi connectivity index (χ0) is 12.6. The van der Waals surface area contributed by atoms with Crippen molar-refractivity contribution in [2.75, 3.05) is 0 Å². The molecule has 0 fully saturated rings. The van der Waals surface area contributed by atoms with E-state index in [1.807, 2.05) is 18.5 Å². The number of benzene rings is 1. The minimum atomic E-state index is -0.443. The van der Waals surface area contributed by atoms with Crippen LogP contribution in [0, 0.1) is 24.1 Å². The Morgan fingerprint density at radius 2 is 2.06 bits per heavy atom. The molecule has 1 aromatic heterocycles. The van der Waals surface area contributed by atoms with Gasteiger partial charge in [0.1, 0.15) is 11.9 Å². The van der Waals surface area contributed by atoms with Crippen LogP contribution in [-0.4, -0.2) is 4.57 Å². The Balaban J connectivity index is 2.61. The van der Waals surface area contributed by atoms with Crippen LogP contribution in [0.5, 0.6) is 0 Å². The van der Waals surface area contributed by atoms with Crippen molar-refractivity contribution >= 4 is 11.6 Å². The Morgan fingerprint density at radius 3 is 2.59 bits per heavy atom. The second kappa shape index (κ2) is 4.23. The van der Waals surface area contributed by atoms with E-state index in [9.17, 15) is 4.39 Å². The lowest BCUT2D eigenvalue weighted by Crippen LogP contribution is -1.94. The Bertz CT molecular complexity index is 623. The van der Waals surface area contributed by atoms with Gasteiger partial charge < -0.3 is 4.57 Å². The number of aromatic nitrogens is 1. The van der Waals surface area contributed by atoms with E-state index in [0.29, 0.717) is 5.56 Å². The highest BCUT2D eigenvalue weighted by Gasteiger charge is 2.11. The molecule has 0 aliphatic rings. The number of nitrogens with zero attached hydrogens (tertiary/aromatic N) is 2. The van der Waals surface area contributed by atoms with Gasteiger partial charge in [-0.2, -0.15) is 5.26 Å². The molecule has 0 aliphatic carbocycles. The third-order valence-electron chi connectivity index (χ3n) is 2.87. The second-order valence-corrected chi connectivity index (χ2v) is 4.24. The zero-order valence-corrected chi connectivity index (χ0v) is 10.2. The number of hydrogen-bond donors (Lipinski definition) is 0. The van der Waals surface area contributed by atoms with Crippen LogP contribution in [0.4, 0.5) is 4.39 Å². The third kappa shape index (κ3) is 1.92. The standard InChI is InChI=1S/C13H10ClFN2/c1-8-10(7-16)6-13(17(8)2)9-3-4-12(15)11(14)5-9/h3-6H,1-2H3. The van der Waals surface area contributed by atoms with Crippen molar-refractivity contribution in [3.8, 4) is 17.3 Å². The largest absolute Gasteiger partial charge is 0.347 e. The minimum absolute atomic E-state index is 0.0832. The molecule has 0 spiro atoms. The fourth-order valence-corrected chi connectivity index (χ4v) is 1.93. The van der Waals surface area contributed by atoms with E-state index in [1.165, 1.54) is 6.07 Å². The second-order valence-electron chi connectivity index (χ2n) is 3.83. The van der Waals surface area contributed by atoms with Crippen LogP contribution >= 0.6 is 11.6 Å². The van der Waals surface area contributed by atoms with Gasteiger partial charge in [-0.3, -0.25) is 0 Å². The number of nitriles is 1. The van der Waals surface area contributed by atoms with Crippen LogP contribution < -0.4 is 0 Å². The molecule has 17 heavy (non-hydrogen) atoms. The highest BCUT2D eigenvalue weighted by Crippen LogP contribution is 2.27. The minimum Gasteiger partial charge on any atom is -0.347 e. The first-order valence-electron chi connectivity index (χ1n) is 5.06. The smallest absolute Gasteiger partial charge is 0.141 e. The van der Waals surface area contributed by atoms with Crippen molar-refractivity contribution in [1.29, 1.82) is 5.26 Å². The molecule has 0 saturated heterocycles. The van der Waals surface area contributed by atoms with Gasteiger partial charge in [-0.15, -0.1) is 0 Å². The van der Waals surface area contributed by atoms with Crippen LogP contribution in [0.15, 0.2) is 24.3 Å². The summed E-state index contributed by atoms with van der Waals surface area (Å²) in [5.41, 5.74) is 3.13. The summed E-state index contributed by atoms with van der Waals surface area (Å²) in [7, 11) is 1.86. The molecule has 0 aliphatic heterocycles. The predicted octanol–water partition coefficient (Wildman–Crippen LogP) is 3.66. The SMILES string of the molecule is Cc1c(C#N)cc(-c2ccc(F)c(Cl)c2)n1C. The summed E-state index contributed by atoms with van der Waals surface area (Å²) in [4.78, 5) is 0. The van der Waals surface area contributed by atoms with Gasteiger partial charge in [0.2, 0.25) is 0 Å². The molecule has 0 bridgehead atoms. The van der Waals surface area contributed by atoms with Crippen LogP contribution in [0.1, 0.15) is 11.3 Å². The maximum atomic E-state index is 13.1. The summed E-state index contributed by atoms with van der Waals surface area (Å²) in [5.74, 6) is -0.443. The molecule has 0 radical (unpaired) electrons. The predicted molar refractivity (Wildman–Crippen MR) is 65.3 cm³/mol. The van der Waals surface area contributed by atoms with Crippen molar-refractivity contribution in [3.63, 3.8) is 0 Å². The van der Waals surface area contributed by atoms with E-state index < -0.39 is 5.82 Å². The molecule has 2 nitrogen and oxygen atoms in total. The van der Waals surface area contributed by atoms with Gasteiger partial charge >= 0.3 is 0 Å². The molecule has 0 atom stereocenters. The van der Waals surface area contributed by atoms with Crippen LogP contribution in [0.25, 0.3) is 11.3 Å². The maximum absolute atomic E-state index is 13.1. The Hall–Kier alpha value is -1.79. The fourth-order valence-electron chi connectivity index (χ4n) is 1.74.